The Balaban J connectivity index is 1.69. The third kappa shape index (κ3) is 3.18. The van der Waals surface area contributed by atoms with E-state index in [9.17, 15) is 10.1 Å². The number of anilines is 1. The molecule has 3 heterocycles. The molecule has 0 saturated carbocycles. The molecule has 2 fully saturated rings. The van der Waals surface area contributed by atoms with Crippen molar-refractivity contribution in [2.45, 2.75) is 25.8 Å². The van der Waals surface area contributed by atoms with Gasteiger partial charge in [-0.15, -0.1) is 0 Å². The second kappa shape index (κ2) is 6.45. The lowest BCUT2D eigenvalue weighted by Crippen LogP contribution is -2.54. The van der Waals surface area contributed by atoms with E-state index in [1.165, 1.54) is 19.4 Å². The SMILES string of the molecule is Cc1nn(C)c(N2CCN(C3CCCN(C)C3)CC2)c1[N+](=O)[O-]. The van der Waals surface area contributed by atoms with Gasteiger partial charge in [0.05, 0.1) is 4.92 Å². The summed E-state index contributed by atoms with van der Waals surface area (Å²) >= 11 is 0. The lowest BCUT2D eigenvalue weighted by molar-refractivity contribution is -0.384. The number of aryl methyl sites for hydroxylation is 2. The van der Waals surface area contributed by atoms with Gasteiger partial charge in [-0.3, -0.25) is 15.0 Å². The van der Waals surface area contributed by atoms with Crippen LogP contribution in [0.2, 0.25) is 0 Å². The van der Waals surface area contributed by atoms with Gasteiger partial charge in [-0.1, -0.05) is 0 Å². The number of aromatic nitrogens is 2. The number of piperazine rings is 1. The third-order valence-electron chi connectivity index (χ3n) is 5.07. The van der Waals surface area contributed by atoms with E-state index in [-0.39, 0.29) is 10.6 Å². The van der Waals surface area contributed by atoms with E-state index in [1.807, 2.05) is 0 Å². The molecular formula is C15H26N6O2. The molecule has 8 nitrogen and oxygen atoms in total. The summed E-state index contributed by atoms with van der Waals surface area (Å²) in [4.78, 5) is 18.1. The topological polar surface area (TPSA) is 70.7 Å². The molecule has 1 aromatic heterocycles. The summed E-state index contributed by atoms with van der Waals surface area (Å²) < 4.78 is 1.65. The monoisotopic (exact) mass is 322 g/mol. The molecule has 3 rings (SSSR count). The molecular weight excluding hydrogens is 296 g/mol. The summed E-state index contributed by atoms with van der Waals surface area (Å²) in [7, 11) is 3.97. The fourth-order valence-electron chi connectivity index (χ4n) is 3.94. The maximum Gasteiger partial charge on any atom is 0.333 e. The van der Waals surface area contributed by atoms with Gasteiger partial charge < -0.3 is 9.80 Å². The number of nitro groups is 1. The highest BCUT2D eigenvalue weighted by Gasteiger charge is 2.32. The van der Waals surface area contributed by atoms with Crippen LogP contribution < -0.4 is 4.90 Å². The number of piperidine rings is 1. The fraction of sp³-hybridized carbons (Fsp3) is 0.800. The maximum absolute atomic E-state index is 11.4. The highest BCUT2D eigenvalue weighted by Crippen LogP contribution is 2.31. The highest BCUT2D eigenvalue weighted by atomic mass is 16.6. The average molecular weight is 322 g/mol. The van der Waals surface area contributed by atoms with Crippen molar-refractivity contribution in [2.24, 2.45) is 7.05 Å². The Morgan fingerprint density at radius 2 is 1.87 bits per heavy atom. The van der Waals surface area contributed by atoms with Crippen molar-refractivity contribution in [3.8, 4) is 0 Å². The van der Waals surface area contributed by atoms with Gasteiger partial charge in [-0.2, -0.15) is 5.10 Å². The number of hydrogen-bond acceptors (Lipinski definition) is 6. The minimum atomic E-state index is -0.305. The average Bonchev–Trinajstić information content (AvgIpc) is 2.82. The summed E-state index contributed by atoms with van der Waals surface area (Å²) in [5.74, 6) is 0.646. The van der Waals surface area contributed by atoms with Crippen LogP contribution in [0.4, 0.5) is 11.5 Å². The van der Waals surface area contributed by atoms with Gasteiger partial charge >= 0.3 is 5.69 Å². The number of nitrogens with zero attached hydrogens (tertiary/aromatic N) is 6. The molecule has 2 aliphatic rings. The minimum Gasteiger partial charge on any atom is -0.349 e. The first-order chi connectivity index (χ1) is 11.0. The zero-order valence-electron chi connectivity index (χ0n) is 14.2. The van der Waals surface area contributed by atoms with Gasteiger partial charge in [0.15, 0.2) is 0 Å². The summed E-state index contributed by atoms with van der Waals surface area (Å²) in [6.45, 7) is 7.58. The molecule has 0 aromatic carbocycles. The normalized spacial score (nSPS) is 24.1. The first-order valence-electron chi connectivity index (χ1n) is 8.33. The van der Waals surface area contributed by atoms with Crippen LogP contribution in [-0.2, 0) is 7.05 Å². The van der Waals surface area contributed by atoms with Crippen molar-refractivity contribution in [1.29, 1.82) is 0 Å². The Bertz CT molecular complexity index is 579. The van der Waals surface area contributed by atoms with Gasteiger partial charge in [0.25, 0.3) is 0 Å². The Kier molecular flexibility index (Phi) is 4.54. The summed E-state index contributed by atoms with van der Waals surface area (Å²) in [5, 5.41) is 15.6. The molecule has 0 bridgehead atoms. The molecule has 0 amide bonds. The summed E-state index contributed by atoms with van der Waals surface area (Å²) in [6.07, 6.45) is 2.52. The van der Waals surface area contributed by atoms with Crippen molar-refractivity contribution in [3.05, 3.63) is 15.8 Å². The standard InChI is InChI=1S/C15H26N6O2/c1-12-14(21(22)23)15(18(3)16-12)20-9-7-19(8-10-20)13-5-4-6-17(2)11-13/h13H,4-11H2,1-3H3. The van der Waals surface area contributed by atoms with E-state index in [0.717, 1.165) is 32.7 Å². The Labute approximate surface area is 136 Å². The van der Waals surface area contributed by atoms with E-state index < -0.39 is 0 Å². The lowest BCUT2D eigenvalue weighted by Gasteiger charge is -2.42. The lowest BCUT2D eigenvalue weighted by atomic mass is 10.0. The Hall–Kier alpha value is -1.67. The first kappa shape index (κ1) is 16.2. The van der Waals surface area contributed by atoms with Gasteiger partial charge in [0.2, 0.25) is 5.82 Å². The molecule has 128 valence electrons. The van der Waals surface area contributed by atoms with Crippen LogP contribution in [0, 0.1) is 17.0 Å². The second-order valence-electron chi connectivity index (χ2n) is 6.72. The molecule has 23 heavy (non-hydrogen) atoms. The van der Waals surface area contributed by atoms with Crippen LogP contribution in [0.5, 0.6) is 0 Å². The second-order valence-corrected chi connectivity index (χ2v) is 6.72. The first-order valence-corrected chi connectivity index (χ1v) is 8.33. The van der Waals surface area contributed by atoms with Crippen LogP contribution in [0.3, 0.4) is 0 Å². The molecule has 1 atom stereocenters. The predicted octanol–water partition coefficient (Wildman–Crippen LogP) is 0.853. The fourth-order valence-corrected chi connectivity index (χ4v) is 3.94. The van der Waals surface area contributed by atoms with Crippen molar-refractivity contribution in [3.63, 3.8) is 0 Å². The van der Waals surface area contributed by atoms with Gasteiger partial charge in [-0.05, 0) is 33.4 Å². The largest absolute Gasteiger partial charge is 0.349 e. The quantitative estimate of drug-likeness (QED) is 0.607. The van der Waals surface area contributed by atoms with E-state index in [0.29, 0.717) is 17.6 Å². The van der Waals surface area contributed by atoms with Crippen molar-refractivity contribution >= 4 is 11.5 Å². The van der Waals surface area contributed by atoms with Crippen LogP contribution in [-0.4, -0.2) is 76.9 Å². The summed E-state index contributed by atoms with van der Waals surface area (Å²) in [5.41, 5.74) is 0.641. The predicted molar refractivity (Wildman–Crippen MR) is 88.9 cm³/mol. The number of likely N-dealkylation sites (N-methyl/N-ethyl adjacent to an activating group) is 1. The molecule has 8 heteroatoms. The smallest absolute Gasteiger partial charge is 0.333 e. The van der Waals surface area contributed by atoms with E-state index in [4.69, 9.17) is 0 Å². The van der Waals surface area contributed by atoms with E-state index in [1.54, 1.807) is 18.7 Å². The zero-order chi connectivity index (χ0) is 16.6. The molecule has 0 N–H and O–H groups in total. The molecule has 0 aliphatic carbocycles. The van der Waals surface area contributed by atoms with Gasteiger partial charge in [0, 0.05) is 45.8 Å². The van der Waals surface area contributed by atoms with Crippen LogP contribution in [0.1, 0.15) is 18.5 Å². The third-order valence-corrected chi connectivity index (χ3v) is 5.07. The zero-order valence-corrected chi connectivity index (χ0v) is 14.2. The molecule has 0 spiro atoms. The Morgan fingerprint density at radius 3 is 2.48 bits per heavy atom. The van der Waals surface area contributed by atoms with Crippen LogP contribution >= 0.6 is 0 Å². The van der Waals surface area contributed by atoms with Crippen molar-refractivity contribution in [2.75, 3.05) is 51.2 Å². The van der Waals surface area contributed by atoms with E-state index in [2.05, 4.69) is 26.8 Å². The van der Waals surface area contributed by atoms with Crippen LogP contribution in [0.15, 0.2) is 0 Å². The molecule has 2 aliphatic heterocycles. The van der Waals surface area contributed by atoms with Crippen LogP contribution in [0.25, 0.3) is 0 Å². The van der Waals surface area contributed by atoms with E-state index >= 15 is 0 Å². The molecule has 1 aromatic rings. The van der Waals surface area contributed by atoms with Crippen molar-refractivity contribution < 1.29 is 4.92 Å². The molecule has 2 saturated heterocycles. The maximum atomic E-state index is 11.4. The highest BCUT2D eigenvalue weighted by molar-refractivity contribution is 5.61. The van der Waals surface area contributed by atoms with Gasteiger partial charge in [-0.25, -0.2) is 4.68 Å². The van der Waals surface area contributed by atoms with Gasteiger partial charge in [0.1, 0.15) is 5.69 Å². The Morgan fingerprint density at radius 1 is 1.17 bits per heavy atom. The number of likely N-dealkylation sites (tertiary alicyclic amines) is 1. The minimum absolute atomic E-state index is 0.151. The molecule has 0 radical (unpaired) electrons. The molecule has 1 unspecified atom stereocenters. The number of hydrogen-bond donors (Lipinski definition) is 0. The number of rotatable bonds is 3. The summed E-state index contributed by atoms with van der Waals surface area (Å²) in [6, 6.07) is 0.624. The van der Waals surface area contributed by atoms with Crippen molar-refractivity contribution in [1.82, 2.24) is 19.6 Å².